The first-order valence-corrected chi connectivity index (χ1v) is 6.89. The molecule has 0 saturated carbocycles. The zero-order valence-corrected chi connectivity index (χ0v) is 12.5. The molecular formula is C14H31NO2. The van der Waals surface area contributed by atoms with Gasteiger partial charge in [-0.3, -0.25) is 4.90 Å². The van der Waals surface area contributed by atoms with Gasteiger partial charge in [0.15, 0.2) is 0 Å². The Morgan fingerprint density at radius 1 is 1.24 bits per heavy atom. The lowest BCUT2D eigenvalue weighted by atomic mass is 9.81. The molecule has 0 radical (unpaired) electrons. The van der Waals surface area contributed by atoms with Crippen molar-refractivity contribution in [2.75, 3.05) is 26.8 Å². The highest BCUT2D eigenvalue weighted by atomic mass is 16.5. The van der Waals surface area contributed by atoms with Crippen LogP contribution < -0.4 is 0 Å². The molecule has 0 aromatic carbocycles. The van der Waals surface area contributed by atoms with Crippen LogP contribution in [0.2, 0.25) is 0 Å². The summed E-state index contributed by atoms with van der Waals surface area (Å²) in [6.07, 6.45) is 1.57. The standard InChI is InChI=1S/C14H31NO2/c1-7-14(5,15(8-2)9-3)13(16)12(4)10-11-17-6/h12-13,16H,7-11H2,1-6H3. The second-order valence-corrected chi connectivity index (χ2v) is 5.09. The highest BCUT2D eigenvalue weighted by Gasteiger charge is 2.38. The summed E-state index contributed by atoms with van der Waals surface area (Å²) < 4.78 is 5.10. The molecule has 0 amide bonds. The number of ether oxygens (including phenoxy) is 1. The second-order valence-electron chi connectivity index (χ2n) is 5.09. The van der Waals surface area contributed by atoms with Crippen molar-refractivity contribution in [3.05, 3.63) is 0 Å². The molecule has 0 aromatic rings. The Morgan fingerprint density at radius 3 is 2.12 bits per heavy atom. The predicted molar refractivity (Wildman–Crippen MR) is 73.3 cm³/mol. The third kappa shape index (κ3) is 4.23. The maximum atomic E-state index is 10.6. The fourth-order valence-corrected chi connectivity index (χ4v) is 2.64. The van der Waals surface area contributed by atoms with Crippen molar-refractivity contribution >= 4 is 0 Å². The number of aliphatic hydroxyl groups excluding tert-OH is 1. The van der Waals surface area contributed by atoms with Crippen molar-refractivity contribution in [3.8, 4) is 0 Å². The monoisotopic (exact) mass is 245 g/mol. The minimum Gasteiger partial charge on any atom is -0.391 e. The maximum absolute atomic E-state index is 10.6. The normalized spacial score (nSPS) is 19.1. The molecule has 0 aliphatic heterocycles. The molecule has 17 heavy (non-hydrogen) atoms. The minimum atomic E-state index is -0.303. The van der Waals surface area contributed by atoms with Crippen LogP contribution in [0.15, 0.2) is 0 Å². The summed E-state index contributed by atoms with van der Waals surface area (Å²) in [6.45, 7) is 13.4. The van der Waals surface area contributed by atoms with Crippen LogP contribution in [0.4, 0.5) is 0 Å². The van der Waals surface area contributed by atoms with Crippen LogP contribution in [-0.4, -0.2) is 48.5 Å². The van der Waals surface area contributed by atoms with Crippen LogP contribution in [-0.2, 0) is 4.74 Å². The van der Waals surface area contributed by atoms with Gasteiger partial charge in [-0.25, -0.2) is 0 Å². The summed E-state index contributed by atoms with van der Waals surface area (Å²) >= 11 is 0. The Labute approximate surface area is 107 Å². The molecular weight excluding hydrogens is 214 g/mol. The van der Waals surface area contributed by atoms with Crippen molar-refractivity contribution < 1.29 is 9.84 Å². The molecule has 0 aliphatic rings. The summed E-state index contributed by atoms with van der Waals surface area (Å²) in [5.41, 5.74) is -0.128. The summed E-state index contributed by atoms with van der Waals surface area (Å²) in [6, 6.07) is 0. The Kier molecular flexibility index (Phi) is 8.01. The number of hydrogen-bond acceptors (Lipinski definition) is 3. The van der Waals surface area contributed by atoms with Crippen molar-refractivity contribution in [2.45, 2.75) is 59.1 Å². The number of methoxy groups -OCH3 is 1. The molecule has 0 saturated heterocycles. The van der Waals surface area contributed by atoms with Crippen LogP contribution in [0, 0.1) is 5.92 Å². The first-order valence-electron chi connectivity index (χ1n) is 6.89. The summed E-state index contributed by atoms with van der Waals surface area (Å²) in [5, 5.41) is 10.6. The fourth-order valence-electron chi connectivity index (χ4n) is 2.64. The maximum Gasteiger partial charge on any atom is 0.0747 e. The average molecular weight is 245 g/mol. The van der Waals surface area contributed by atoms with Crippen LogP contribution in [0.3, 0.4) is 0 Å². The van der Waals surface area contributed by atoms with Crippen molar-refractivity contribution in [3.63, 3.8) is 0 Å². The van der Waals surface area contributed by atoms with E-state index >= 15 is 0 Å². The highest BCUT2D eigenvalue weighted by molar-refractivity contribution is 4.93. The van der Waals surface area contributed by atoms with Gasteiger partial charge in [0.25, 0.3) is 0 Å². The molecule has 0 bridgehead atoms. The molecule has 0 aromatic heterocycles. The van der Waals surface area contributed by atoms with E-state index in [2.05, 4.69) is 39.5 Å². The van der Waals surface area contributed by atoms with Gasteiger partial charge in [-0.1, -0.05) is 27.7 Å². The lowest BCUT2D eigenvalue weighted by Gasteiger charge is -2.45. The van der Waals surface area contributed by atoms with Crippen LogP contribution in [0.5, 0.6) is 0 Å². The van der Waals surface area contributed by atoms with Crippen molar-refractivity contribution in [1.82, 2.24) is 4.90 Å². The van der Waals surface area contributed by atoms with Gasteiger partial charge in [0.1, 0.15) is 0 Å². The fraction of sp³-hybridized carbons (Fsp3) is 1.00. The van der Waals surface area contributed by atoms with Crippen LogP contribution in [0.1, 0.15) is 47.5 Å². The van der Waals surface area contributed by atoms with Gasteiger partial charge in [0, 0.05) is 19.3 Å². The van der Waals surface area contributed by atoms with Gasteiger partial charge in [-0.05, 0) is 38.8 Å². The predicted octanol–water partition coefficient (Wildman–Crippen LogP) is 2.53. The third-order valence-corrected chi connectivity index (χ3v) is 4.16. The molecule has 104 valence electrons. The zero-order valence-electron chi connectivity index (χ0n) is 12.5. The zero-order chi connectivity index (χ0) is 13.5. The Balaban J connectivity index is 4.70. The first-order chi connectivity index (χ1) is 7.97. The first kappa shape index (κ1) is 16.9. The van der Waals surface area contributed by atoms with E-state index in [1.807, 2.05) is 0 Å². The van der Waals surface area contributed by atoms with Gasteiger partial charge in [-0.15, -0.1) is 0 Å². The smallest absolute Gasteiger partial charge is 0.0747 e. The average Bonchev–Trinajstić information content (AvgIpc) is 2.35. The Hall–Kier alpha value is -0.120. The summed E-state index contributed by atoms with van der Waals surface area (Å²) in [5.74, 6) is 0.264. The van der Waals surface area contributed by atoms with E-state index in [-0.39, 0.29) is 17.6 Å². The molecule has 0 aliphatic carbocycles. The van der Waals surface area contributed by atoms with E-state index in [4.69, 9.17) is 4.74 Å². The molecule has 1 N–H and O–H groups in total. The second kappa shape index (κ2) is 8.06. The van der Waals surface area contributed by atoms with Crippen LogP contribution in [0.25, 0.3) is 0 Å². The molecule has 0 spiro atoms. The molecule has 3 heteroatoms. The highest BCUT2D eigenvalue weighted by Crippen LogP contribution is 2.29. The lowest BCUT2D eigenvalue weighted by molar-refractivity contribution is -0.0524. The van der Waals surface area contributed by atoms with Gasteiger partial charge < -0.3 is 9.84 Å². The number of rotatable bonds is 9. The van der Waals surface area contributed by atoms with Crippen LogP contribution >= 0.6 is 0 Å². The summed E-state index contributed by atoms with van der Waals surface area (Å²) in [4.78, 5) is 2.36. The lowest BCUT2D eigenvalue weighted by Crippen LogP contribution is -2.56. The Bertz CT molecular complexity index is 195. The molecule has 0 fully saturated rings. The minimum absolute atomic E-state index is 0.128. The van der Waals surface area contributed by atoms with E-state index in [0.717, 1.165) is 32.5 Å². The van der Waals surface area contributed by atoms with E-state index < -0.39 is 0 Å². The molecule has 3 atom stereocenters. The molecule has 0 heterocycles. The van der Waals surface area contributed by atoms with Gasteiger partial charge in [0.05, 0.1) is 6.10 Å². The van der Waals surface area contributed by atoms with E-state index in [9.17, 15) is 5.11 Å². The largest absolute Gasteiger partial charge is 0.391 e. The van der Waals surface area contributed by atoms with E-state index in [1.165, 1.54) is 0 Å². The topological polar surface area (TPSA) is 32.7 Å². The van der Waals surface area contributed by atoms with Gasteiger partial charge in [-0.2, -0.15) is 0 Å². The van der Waals surface area contributed by atoms with E-state index in [0.29, 0.717) is 0 Å². The number of aliphatic hydroxyl groups is 1. The quantitative estimate of drug-likeness (QED) is 0.677. The van der Waals surface area contributed by atoms with Gasteiger partial charge in [0.2, 0.25) is 0 Å². The van der Waals surface area contributed by atoms with Crippen molar-refractivity contribution in [2.24, 2.45) is 5.92 Å². The number of hydrogen-bond donors (Lipinski definition) is 1. The molecule has 3 unspecified atom stereocenters. The SMILES string of the molecule is CCN(CC)C(C)(CC)C(O)C(C)CCOC. The molecule has 0 rings (SSSR count). The number of likely N-dealkylation sites (N-methyl/N-ethyl adjacent to an activating group) is 1. The van der Waals surface area contributed by atoms with Gasteiger partial charge >= 0.3 is 0 Å². The summed E-state index contributed by atoms with van der Waals surface area (Å²) in [7, 11) is 1.71. The molecule has 3 nitrogen and oxygen atoms in total. The third-order valence-electron chi connectivity index (χ3n) is 4.16. The van der Waals surface area contributed by atoms with Crippen molar-refractivity contribution in [1.29, 1.82) is 0 Å². The number of nitrogens with zero attached hydrogens (tertiary/aromatic N) is 1. The Morgan fingerprint density at radius 2 is 1.76 bits per heavy atom. The van der Waals surface area contributed by atoms with E-state index in [1.54, 1.807) is 7.11 Å².